The molecule has 3 N–H and O–H groups in total. The number of halogens is 3. The van der Waals surface area contributed by atoms with Crippen LogP contribution in [0.25, 0.3) is 0 Å². The highest BCUT2D eigenvalue weighted by molar-refractivity contribution is 6.35. The number of anilines is 1. The van der Waals surface area contributed by atoms with Gasteiger partial charge in [-0.25, -0.2) is 13.6 Å². The lowest BCUT2D eigenvalue weighted by Gasteiger charge is -2.27. The van der Waals surface area contributed by atoms with Crippen LogP contribution in [0.5, 0.6) is 5.75 Å². The number of fused-ring (bicyclic) bond motifs is 1. The molecule has 2 aromatic carbocycles. The van der Waals surface area contributed by atoms with Gasteiger partial charge >= 0.3 is 6.09 Å². The molecular weight excluding hydrogens is 370 g/mol. The summed E-state index contributed by atoms with van der Waals surface area (Å²) in [4.78, 5) is 23.5. The van der Waals surface area contributed by atoms with Crippen LogP contribution in [-0.4, -0.2) is 23.7 Å². The normalized spacial score (nSPS) is 15.6. The van der Waals surface area contributed by atoms with Gasteiger partial charge in [-0.05, 0) is 18.2 Å². The molecule has 0 aromatic heterocycles. The van der Waals surface area contributed by atoms with Gasteiger partial charge in [-0.2, -0.15) is 0 Å². The van der Waals surface area contributed by atoms with E-state index in [0.29, 0.717) is 12.0 Å². The molecule has 26 heavy (non-hydrogen) atoms. The third kappa shape index (κ3) is 3.55. The number of hydrogen-bond acceptors (Lipinski definition) is 3. The molecule has 2 aromatic rings. The van der Waals surface area contributed by atoms with Crippen molar-refractivity contribution in [1.82, 2.24) is 5.32 Å². The highest BCUT2D eigenvalue weighted by atomic mass is 35.5. The molecule has 3 rings (SSSR count). The molecule has 1 unspecified atom stereocenters. The highest BCUT2D eigenvalue weighted by Crippen LogP contribution is 2.38. The van der Waals surface area contributed by atoms with Gasteiger partial charge in [-0.1, -0.05) is 17.7 Å². The van der Waals surface area contributed by atoms with Crippen LogP contribution >= 0.6 is 11.6 Å². The number of rotatable bonds is 3. The zero-order chi connectivity index (χ0) is 18.8. The Morgan fingerprint density at radius 2 is 1.96 bits per heavy atom. The van der Waals surface area contributed by atoms with Crippen LogP contribution in [0.2, 0.25) is 5.02 Å². The summed E-state index contributed by atoms with van der Waals surface area (Å²) in [7, 11) is 0. The van der Waals surface area contributed by atoms with E-state index in [-0.39, 0.29) is 28.6 Å². The van der Waals surface area contributed by atoms with Crippen LogP contribution in [0.1, 0.15) is 28.4 Å². The number of hydrogen-bond donors (Lipinski definition) is 3. The minimum absolute atomic E-state index is 0.00853. The van der Waals surface area contributed by atoms with Gasteiger partial charge in [0.2, 0.25) is 0 Å². The fourth-order valence-electron chi connectivity index (χ4n) is 2.72. The molecule has 0 spiro atoms. The Kier molecular flexibility index (Phi) is 4.94. The zero-order valence-electron chi connectivity index (χ0n) is 13.2. The number of carbonyl (C=O) groups is 2. The van der Waals surface area contributed by atoms with Crippen molar-refractivity contribution in [3.8, 4) is 5.75 Å². The van der Waals surface area contributed by atoms with Crippen LogP contribution in [-0.2, 0) is 0 Å². The number of carbonyl (C=O) groups excluding carboxylic acids is 1. The Labute approximate surface area is 151 Å². The van der Waals surface area contributed by atoms with Crippen molar-refractivity contribution in [3.63, 3.8) is 0 Å². The van der Waals surface area contributed by atoms with Gasteiger partial charge in [0, 0.05) is 23.7 Å². The van der Waals surface area contributed by atoms with E-state index in [2.05, 4.69) is 10.6 Å². The number of nitrogens with one attached hydrogen (secondary N) is 2. The summed E-state index contributed by atoms with van der Waals surface area (Å²) in [6.07, 6.45) is -0.809. The third-order valence-electron chi connectivity index (χ3n) is 3.87. The molecule has 6 nitrogen and oxygen atoms in total. The van der Waals surface area contributed by atoms with Crippen LogP contribution in [0.4, 0.5) is 19.3 Å². The van der Waals surface area contributed by atoms with Gasteiger partial charge < -0.3 is 20.5 Å². The first-order valence-electron chi connectivity index (χ1n) is 7.58. The maximum atomic E-state index is 13.3. The summed E-state index contributed by atoms with van der Waals surface area (Å²) in [5, 5.41) is 13.8. The average molecular weight is 383 g/mol. The fraction of sp³-hybridized carbons (Fsp3) is 0.176. The van der Waals surface area contributed by atoms with Crippen LogP contribution < -0.4 is 15.4 Å². The zero-order valence-corrected chi connectivity index (χ0v) is 13.9. The summed E-state index contributed by atoms with van der Waals surface area (Å²) in [6, 6.07) is 5.40. The molecule has 2 amide bonds. The highest BCUT2D eigenvalue weighted by Gasteiger charge is 2.29. The molecule has 136 valence electrons. The molecule has 0 aliphatic carbocycles. The Morgan fingerprint density at radius 1 is 1.19 bits per heavy atom. The monoisotopic (exact) mass is 382 g/mol. The van der Waals surface area contributed by atoms with Gasteiger partial charge in [-0.3, -0.25) is 4.79 Å². The summed E-state index contributed by atoms with van der Waals surface area (Å²) in [6.45, 7) is 0.184. The Bertz CT molecular complexity index is 891. The van der Waals surface area contributed by atoms with Crippen molar-refractivity contribution < 1.29 is 28.2 Å². The van der Waals surface area contributed by atoms with Crippen molar-refractivity contribution >= 4 is 29.3 Å². The molecule has 0 saturated carbocycles. The van der Waals surface area contributed by atoms with Gasteiger partial charge in [0.1, 0.15) is 11.3 Å². The smallest absolute Gasteiger partial charge is 0.405 e. The maximum Gasteiger partial charge on any atom is 0.405 e. The number of carboxylic acid groups (broad SMARTS) is 1. The van der Waals surface area contributed by atoms with Gasteiger partial charge in [0.15, 0.2) is 11.6 Å². The second-order valence-corrected chi connectivity index (χ2v) is 5.97. The van der Waals surface area contributed by atoms with E-state index >= 15 is 0 Å². The second kappa shape index (κ2) is 7.17. The average Bonchev–Trinajstić information content (AvgIpc) is 2.57. The fourth-order valence-corrected chi connectivity index (χ4v) is 2.95. The molecule has 0 radical (unpaired) electrons. The summed E-state index contributed by atoms with van der Waals surface area (Å²) < 4.78 is 31.9. The molecule has 1 atom stereocenters. The molecule has 0 bridgehead atoms. The largest absolute Gasteiger partial charge is 0.492 e. The lowest BCUT2D eigenvalue weighted by atomic mass is 9.97. The van der Waals surface area contributed by atoms with Crippen LogP contribution in [0.15, 0.2) is 30.3 Å². The first kappa shape index (κ1) is 17.9. The summed E-state index contributed by atoms with van der Waals surface area (Å²) in [5.41, 5.74) is 0.503. The second-order valence-electron chi connectivity index (χ2n) is 5.56. The molecule has 1 heterocycles. The molecule has 0 saturated heterocycles. The topological polar surface area (TPSA) is 87.7 Å². The predicted molar refractivity (Wildman–Crippen MR) is 89.8 cm³/mol. The third-order valence-corrected chi connectivity index (χ3v) is 4.18. The van der Waals surface area contributed by atoms with Crippen molar-refractivity contribution in [2.45, 2.75) is 12.5 Å². The van der Waals surface area contributed by atoms with Crippen molar-refractivity contribution in [3.05, 3.63) is 58.1 Å². The maximum absolute atomic E-state index is 13.3. The van der Waals surface area contributed by atoms with Crippen LogP contribution in [0.3, 0.4) is 0 Å². The molecule has 1 aliphatic heterocycles. The van der Waals surface area contributed by atoms with Crippen molar-refractivity contribution in [1.29, 1.82) is 0 Å². The first-order valence-corrected chi connectivity index (χ1v) is 7.95. The lowest BCUT2D eigenvalue weighted by Crippen LogP contribution is -2.31. The quantitative estimate of drug-likeness (QED) is 0.749. The molecule has 0 fully saturated rings. The lowest BCUT2D eigenvalue weighted by molar-refractivity contribution is 0.102. The number of benzene rings is 2. The van der Waals surface area contributed by atoms with E-state index in [1.807, 2.05) is 0 Å². The van der Waals surface area contributed by atoms with Gasteiger partial charge in [-0.15, -0.1) is 0 Å². The predicted octanol–water partition coefficient (Wildman–Crippen LogP) is 3.96. The van der Waals surface area contributed by atoms with E-state index in [9.17, 15) is 18.4 Å². The van der Waals surface area contributed by atoms with Crippen molar-refractivity contribution in [2.24, 2.45) is 0 Å². The molecular formula is C17H13ClF2N2O4. The van der Waals surface area contributed by atoms with Gasteiger partial charge in [0.25, 0.3) is 5.91 Å². The van der Waals surface area contributed by atoms with E-state index in [4.69, 9.17) is 21.4 Å². The van der Waals surface area contributed by atoms with Crippen molar-refractivity contribution in [2.75, 3.05) is 11.9 Å². The van der Waals surface area contributed by atoms with E-state index in [0.717, 1.165) is 12.1 Å². The minimum atomic E-state index is -1.20. The Balaban J connectivity index is 1.95. The summed E-state index contributed by atoms with van der Waals surface area (Å²) in [5.74, 6) is -2.67. The number of ether oxygens (including phenoxy) is 1. The Morgan fingerprint density at radius 3 is 2.65 bits per heavy atom. The standard InChI is InChI=1S/C17H13ClF2N2O4/c18-10-3-2-9-13(22-17(24)25)5-6-26-15(9)14(10)16(23)21-8-1-4-11(19)12(20)7-8/h1-4,7,13,22H,5-6H2,(H,21,23)(H,24,25). The Hall–Kier alpha value is -2.87. The molecule has 9 heteroatoms. The van der Waals surface area contributed by atoms with E-state index in [1.54, 1.807) is 6.07 Å². The molecule has 1 aliphatic rings. The number of amides is 2. The van der Waals surface area contributed by atoms with Crippen LogP contribution in [0, 0.1) is 11.6 Å². The summed E-state index contributed by atoms with van der Waals surface area (Å²) >= 11 is 6.12. The SMILES string of the molecule is O=C(O)NC1CCOc2c1ccc(Cl)c2C(=O)Nc1ccc(F)c(F)c1. The van der Waals surface area contributed by atoms with E-state index < -0.39 is 29.7 Å². The minimum Gasteiger partial charge on any atom is -0.492 e. The van der Waals surface area contributed by atoms with E-state index in [1.165, 1.54) is 12.1 Å². The first-order chi connectivity index (χ1) is 12.4. The van der Waals surface area contributed by atoms with Gasteiger partial charge in [0.05, 0.1) is 17.7 Å².